The van der Waals surface area contributed by atoms with E-state index in [0.717, 1.165) is 11.1 Å². The zero-order valence-corrected chi connectivity index (χ0v) is 16.5. The van der Waals surface area contributed by atoms with Gasteiger partial charge in [0, 0.05) is 13.1 Å². The average Bonchev–Trinajstić information content (AvgIpc) is 3.26. The highest BCUT2D eigenvalue weighted by molar-refractivity contribution is 6.05. The number of fused-ring (bicyclic) bond motifs is 1. The molecule has 0 spiro atoms. The van der Waals surface area contributed by atoms with Crippen molar-refractivity contribution in [2.24, 2.45) is 0 Å². The number of methoxy groups -OCH3 is 1. The Morgan fingerprint density at radius 1 is 0.833 bits per heavy atom. The lowest BCUT2D eigenvalue weighted by molar-refractivity contribution is 0.0588. The van der Waals surface area contributed by atoms with Crippen LogP contribution < -0.4 is 9.47 Å². The molecule has 30 heavy (non-hydrogen) atoms. The molecule has 0 aliphatic carbocycles. The average molecular weight is 403 g/mol. The molecule has 4 rings (SSSR count). The van der Waals surface area contributed by atoms with Gasteiger partial charge in [0.2, 0.25) is 6.79 Å². The van der Waals surface area contributed by atoms with Gasteiger partial charge < -0.3 is 19.1 Å². The van der Waals surface area contributed by atoms with E-state index in [0.29, 0.717) is 30.2 Å². The van der Waals surface area contributed by atoms with Gasteiger partial charge in [-0.3, -0.25) is 4.79 Å². The summed E-state index contributed by atoms with van der Waals surface area (Å²) in [6.07, 6.45) is 0. The third-order valence-corrected chi connectivity index (χ3v) is 4.88. The van der Waals surface area contributed by atoms with E-state index in [4.69, 9.17) is 14.2 Å². The smallest absolute Gasteiger partial charge is 0.338 e. The van der Waals surface area contributed by atoms with Crippen LogP contribution in [0.3, 0.4) is 0 Å². The molecule has 0 N–H and O–H groups in total. The van der Waals surface area contributed by atoms with Crippen LogP contribution in [0.15, 0.2) is 72.8 Å². The molecule has 6 nitrogen and oxygen atoms in total. The van der Waals surface area contributed by atoms with Crippen LogP contribution in [-0.2, 0) is 17.8 Å². The van der Waals surface area contributed by atoms with Gasteiger partial charge in [-0.1, -0.05) is 48.5 Å². The Balaban J connectivity index is 1.67. The Morgan fingerprint density at radius 3 is 2.27 bits per heavy atom. The van der Waals surface area contributed by atoms with Gasteiger partial charge in [0.15, 0.2) is 11.5 Å². The van der Waals surface area contributed by atoms with Crippen molar-refractivity contribution in [2.75, 3.05) is 13.9 Å². The second-order valence-corrected chi connectivity index (χ2v) is 6.87. The maximum atomic E-state index is 13.5. The number of hydrogen-bond acceptors (Lipinski definition) is 5. The molecule has 1 heterocycles. The molecule has 6 heteroatoms. The number of benzene rings is 3. The topological polar surface area (TPSA) is 65.1 Å². The summed E-state index contributed by atoms with van der Waals surface area (Å²) in [6.45, 7) is 0.932. The van der Waals surface area contributed by atoms with Gasteiger partial charge in [-0.2, -0.15) is 0 Å². The zero-order valence-electron chi connectivity index (χ0n) is 16.5. The lowest BCUT2D eigenvalue weighted by Crippen LogP contribution is -2.31. The molecule has 3 aromatic carbocycles. The number of carbonyl (C=O) groups excluding carboxylic acids is 2. The molecule has 0 saturated carbocycles. The quantitative estimate of drug-likeness (QED) is 0.581. The van der Waals surface area contributed by atoms with Gasteiger partial charge >= 0.3 is 5.97 Å². The minimum atomic E-state index is -0.540. The van der Waals surface area contributed by atoms with Gasteiger partial charge in [-0.15, -0.1) is 0 Å². The molecule has 1 aliphatic rings. The number of esters is 1. The number of rotatable bonds is 6. The molecule has 0 fully saturated rings. The van der Waals surface area contributed by atoms with Crippen molar-refractivity contribution >= 4 is 11.9 Å². The predicted molar refractivity (Wildman–Crippen MR) is 110 cm³/mol. The molecule has 1 amide bonds. The van der Waals surface area contributed by atoms with E-state index in [-0.39, 0.29) is 18.3 Å². The highest BCUT2D eigenvalue weighted by atomic mass is 16.7. The summed E-state index contributed by atoms with van der Waals surface area (Å²) in [5.74, 6) is 0.560. The molecule has 0 radical (unpaired) electrons. The predicted octanol–water partition coefficient (Wildman–Crippen LogP) is 4.04. The summed E-state index contributed by atoms with van der Waals surface area (Å²) < 4.78 is 15.7. The van der Waals surface area contributed by atoms with Crippen LogP contribution >= 0.6 is 0 Å². The van der Waals surface area contributed by atoms with E-state index < -0.39 is 5.97 Å². The number of amides is 1. The SMILES string of the molecule is COC(=O)c1ccccc1C(=O)N(Cc1ccccc1)Cc1ccc2c(c1)OCO2. The second-order valence-electron chi connectivity index (χ2n) is 6.87. The monoisotopic (exact) mass is 403 g/mol. The summed E-state index contributed by atoms with van der Waals surface area (Å²) >= 11 is 0. The highest BCUT2D eigenvalue weighted by Crippen LogP contribution is 2.33. The van der Waals surface area contributed by atoms with Crippen LogP contribution in [0.4, 0.5) is 0 Å². The Hall–Kier alpha value is -3.80. The number of ether oxygens (including phenoxy) is 3. The summed E-state index contributed by atoms with van der Waals surface area (Å²) in [7, 11) is 1.30. The lowest BCUT2D eigenvalue weighted by Gasteiger charge is -2.24. The van der Waals surface area contributed by atoms with Crippen LogP contribution in [0.5, 0.6) is 11.5 Å². The lowest BCUT2D eigenvalue weighted by atomic mass is 10.0. The number of carbonyl (C=O) groups is 2. The van der Waals surface area contributed by atoms with Gasteiger partial charge in [-0.25, -0.2) is 4.79 Å². The van der Waals surface area contributed by atoms with Crippen LogP contribution in [0.1, 0.15) is 31.8 Å². The van der Waals surface area contributed by atoms with Crippen molar-refractivity contribution in [1.82, 2.24) is 4.90 Å². The Morgan fingerprint density at radius 2 is 1.50 bits per heavy atom. The Labute approximate surface area is 174 Å². The van der Waals surface area contributed by atoms with Crippen LogP contribution in [-0.4, -0.2) is 30.7 Å². The molecule has 0 aromatic heterocycles. The van der Waals surface area contributed by atoms with E-state index in [9.17, 15) is 9.59 Å². The fraction of sp³-hybridized carbons (Fsp3) is 0.167. The summed E-state index contributed by atoms with van der Waals surface area (Å²) in [5, 5.41) is 0. The van der Waals surface area contributed by atoms with Crippen LogP contribution in [0, 0.1) is 0 Å². The second kappa shape index (κ2) is 8.69. The van der Waals surface area contributed by atoms with Gasteiger partial charge in [-0.05, 0) is 35.4 Å². The molecule has 0 unspecified atom stereocenters. The van der Waals surface area contributed by atoms with Gasteiger partial charge in [0.1, 0.15) is 0 Å². The Kier molecular flexibility index (Phi) is 5.66. The third kappa shape index (κ3) is 4.12. The fourth-order valence-corrected chi connectivity index (χ4v) is 3.39. The van der Waals surface area contributed by atoms with Gasteiger partial charge in [0.25, 0.3) is 5.91 Å². The van der Waals surface area contributed by atoms with Gasteiger partial charge in [0.05, 0.1) is 18.2 Å². The molecule has 3 aromatic rings. The first-order valence-electron chi connectivity index (χ1n) is 9.55. The fourth-order valence-electron chi connectivity index (χ4n) is 3.39. The van der Waals surface area contributed by atoms with Crippen molar-refractivity contribution in [3.8, 4) is 11.5 Å². The van der Waals surface area contributed by atoms with Crippen LogP contribution in [0.2, 0.25) is 0 Å². The normalized spacial score (nSPS) is 11.8. The Bertz CT molecular complexity index is 1060. The first kappa shape index (κ1) is 19.5. The minimum Gasteiger partial charge on any atom is -0.465 e. The van der Waals surface area contributed by atoms with E-state index >= 15 is 0 Å². The first-order valence-corrected chi connectivity index (χ1v) is 9.55. The molecule has 0 atom stereocenters. The van der Waals surface area contributed by atoms with Crippen molar-refractivity contribution in [3.63, 3.8) is 0 Å². The maximum absolute atomic E-state index is 13.5. The zero-order chi connectivity index (χ0) is 20.9. The maximum Gasteiger partial charge on any atom is 0.338 e. The summed E-state index contributed by atoms with van der Waals surface area (Å²) in [5.41, 5.74) is 2.44. The van der Waals surface area contributed by atoms with Crippen molar-refractivity contribution < 1.29 is 23.8 Å². The molecule has 0 bridgehead atoms. The summed E-state index contributed by atoms with van der Waals surface area (Å²) in [4.78, 5) is 27.4. The first-order chi connectivity index (χ1) is 14.7. The van der Waals surface area contributed by atoms with E-state index in [2.05, 4.69) is 0 Å². The number of hydrogen-bond donors (Lipinski definition) is 0. The molecule has 0 saturated heterocycles. The third-order valence-electron chi connectivity index (χ3n) is 4.88. The van der Waals surface area contributed by atoms with E-state index in [1.807, 2.05) is 48.5 Å². The van der Waals surface area contributed by atoms with Crippen LogP contribution in [0.25, 0.3) is 0 Å². The molecular formula is C24H21NO5. The standard InChI is InChI=1S/C24H21NO5/c1-28-24(27)20-10-6-5-9-19(20)23(26)25(14-17-7-3-2-4-8-17)15-18-11-12-21-22(13-18)30-16-29-21/h2-13H,14-16H2,1H3. The van der Waals surface area contributed by atoms with Crippen molar-refractivity contribution in [3.05, 3.63) is 95.1 Å². The van der Waals surface area contributed by atoms with Crippen molar-refractivity contribution in [2.45, 2.75) is 13.1 Å². The molecular weight excluding hydrogens is 382 g/mol. The minimum absolute atomic E-state index is 0.192. The molecule has 152 valence electrons. The van der Waals surface area contributed by atoms with E-state index in [1.165, 1.54) is 7.11 Å². The van der Waals surface area contributed by atoms with Crippen molar-refractivity contribution in [1.29, 1.82) is 0 Å². The molecule has 1 aliphatic heterocycles. The largest absolute Gasteiger partial charge is 0.465 e. The van der Waals surface area contributed by atoms with E-state index in [1.54, 1.807) is 29.2 Å². The highest BCUT2D eigenvalue weighted by Gasteiger charge is 2.23. The number of nitrogens with zero attached hydrogens (tertiary/aromatic N) is 1. The summed E-state index contributed by atoms with van der Waals surface area (Å²) in [6, 6.07) is 22.0.